The van der Waals surface area contributed by atoms with Crippen LogP contribution < -0.4 is 10.1 Å². The lowest BCUT2D eigenvalue weighted by Crippen LogP contribution is -2.04. The van der Waals surface area contributed by atoms with E-state index >= 15 is 0 Å². The van der Waals surface area contributed by atoms with Crippen molar-refractivity contribution < 1.29 is 4.74 Å². The minimum absolute atomic E-state index is 0.430. The molecule has 2 aromatic heterocycles. The summed E-state index contributed by atoms with van der Waals surface area (Å²) in [4.78, 5) is 8.53. The molecule has 0 bridgehead atoms. The molecule has 0 unspecified atom stereocenters. The van der Waals surface area contributed by atoms with Gasteiger partial charge in [-0.3, -0.25) is 4.98 Å². The number of ether oxygens (including phenoxy) is 1. The number of nitrogens with one attached hydrogen (secondary N) is 1. The van der Waals surface area contributed by atoms with Crippen molar-refractivity contribution >= 4 is 21.7 Å². The summed E-state index contributed by atoms with van der Waals surface area (Å²) in [6, 6.07) is 7.76. The van der Waals surface area contributed by atoms with Crippen LogP contribution in [0.1, 0.15) is 19.0 Å². The number of hydrogen-bond donors (Lipinski definition) is 1. The van der Waals surface area contributed by atoms with E-state index in [1.807, 2.05) is 24.3 Å². The van der Waals surface area contributed by atoms with Gasteiger partial charge >= 0.3 is 0 Å². The first-order chi connectivity index (χ1) is 9.28. The highest BCUT2D eigenvalue weighted by Crippen LogP contribution is 2.17. The predicted molar refractivity (Wildman–Crippen MR) is 79.3 cm³/mol. The minimum atomic E-state index is 0.430. The fraction of sp³-hybridized carbons (Fsp3) is 0.286. The Morgan fingerprint density at radius 2 is 2.21 bits per heavy atom. The molecule has 0 spiro atoms. The van der Waals surface area contributed by atoms with E-state index in [4.69, 9.17) is 4.74 Å². The molecule has 1 N–H and O–H groups in total. The molecule has 0 saturated heterocycles. The second kappa shape index (κ2) is 7.09. The van der Waals surface area contributed by atoms with Gasteiger partial charge in [-0.15, -0.1) is 0 Å². The zero-order valence-corrected chi connectivity index (χ0v) is 12.4. The van der Waals surface area contributed by atoms with E-state index in [0.29, 0.717) is 6.61 Å². The van der Waals surface area contributed by atoms with Gasteiger partial charge in [-0.25, -0.2) is 4.98 Å². The molecule has 0 atom stereocenters. The molecule has 0 fully saturated rings. The van der Waals surface area contributed by atoms with Crippen molar-refractivity contribution in [2.75, 3.05) is 11.9 Å². The molecule has 0 radical (unpaired) electrons. The summed E-state index contributed by atoms with van der Waals surface area (Å²) < 4.78 is 6.55. The van der Waals surface area contributed by atoms with E-state index in [9.17, 15) is 0 Å². The lowest BCUT2D eigenvalue weighted by molar-refractivity contribution is 0.300. The third kappa shape index (κ3) is 4.52. The lowest BCUT2D eigenvalue weighted by Gasteiger charge is -2.08. The number of nitrogens with zero attached hydrogens (tertiary/aromatic N) is 2. The molecule has 0 aliphatic carbocycles. The van der Waals surface area contributed by atoms with Crippen molar-refractivity contribution in [1.29, 1.82) is 0 Å². The van der Waals surface area contributed by atoms with Crippen LogP contribution in [0.4, 0.5) is 5.82 Å². The normalized spacial score (nSPS) is 10.2. The molecule has 100 valence electrons. The summed E-state index contributed by atoms with van der Waals surface area (Å²) in [6.45, 7) is 3.48. The minimum Gasteiger partial charge on any atom is -0.486 e. The van der Waals surface area contributed by atoms with Crippen LogP contribution in [0, 0.1) is 0 Å². The molecule has 2 rings (SSSR count). The maximum absolute atomic E-state index is 5.65. The third-order valence-electron chi connectivity index (χ3n) is 2.43. The standard InChI is InChI=1S/C14H16BrN3O/c1-2-6-17-14-5-3-4-12(18-14)10-19-13-7-11(15)8-16-9-13/h3-5,7-9H,2,6,10H2,1H3,(H,17,18). The Morgan fingerprint density at radius 1 is 1.32 bits per heavy atom. The van der Waals surface area contributed by atoms with Crippen LogP contribution >= 0.6 is 15.9 Å². The molecule has 0 amide bonds. The molecule has 5 heteroatoms. The Kier molecular flexibility index (Phi) is 5.15. The average Bonchev–Trinajstić information content (AvgIpc) is 2.43. The third-order valence-corrected chi connectivity index (χ3v) is 2.86. The first-order valence-corrected chi connectivity index (χ1v) is 7.00. The van der Waals surface area contributed by atoms with Crippen molar-refractivity contribution in [1.82, 2.24) is 9.97 Å². The first kappa shape index (κ1) is 13.8. The van der Waals surface area contributed by atoms with Gasteiger partial charge in [-0.05, 0) is 40.5 Å². The van der Waals surface area contributed by atoms with Gasteiger partial charge in [0, 0.05) is 17.2 Å². The van der Waals surface area contributed by atoms with Crippen molar-refractivity contribution in [3.8, 4) is 5.75 Å². The summed E-state index contributed by atoms with van der Waals surface area (Å²) in [6.07, 6.45) is 4.48. The summed E-state index contributed by atoms with van der Waals surface area (Å²) in [5, 5.41) is 3.26. The topological polar surface area (TPSA) is 47.0 Å². The van der Waals surface area contributed by atoms with Crippen LogP contribution in [-0.2, 0) is 6.61 Å². The number of aromatic nitrogens is 2. The fourth-order valence-electron chi connectivity index (χ4n) is 1.54. The van der Waals surface area contributed by atoms with E-state index < -0.39 is 0 Å². The zero-order chi connectivity index (χ0) is 13.5. The number of rotatable bonds is 6. The average molecular weight is 322 g/mol. The van der Waals surface area contributed by atoms with E-state index in [1.54, 1.807) is 12.4 Å². The monoisotopic (exact) mass is 321 g/mol. The summed E-state index contributed by atoms with van der Waals surface area (Å²) in [5.41, 5.74) is 0.890. The van der Waals surface area contributed by atoms with Gasteiger partial charge in [0.1, 0.15) is 18.2 Å². The van der Waals surface area contributed by atoms with Crippen LogP contribution in [0.2, 0.25) is 0 Å². The van der Waals surface area contributed by atoms with Gasteiger partial charge in [-0.2, -0.15) is 0 Å². The highest BCUT2D eigenvalue weighted by Gasteiger charge is 2.00. The van der Waals surface area contributed by atoms with Gasteiger partial charge < -0.3 is 10.1 Å². The number of halogens is 1. The van der Waals surface area contributed by atoms with Crippen LogP contribution in [0.5, 0.6) is 5.75 Å². The van der Waals surface area contributed by atoms with Gasteiger partial charge in [0.15, 0.2) is 0 Å². The Bertz CT molecular complexity index is 534. The molecule has 19 heavy (non-hydrogen) atoms. The van der Waals surface area contributed by atoms with Crippen LogP contribution in [-0.4, -0.2) is 16.5 Å². The molecular formula is C14H16BrN3O. The second-order valence-electron chi connectivity index (χ2n) is 4.07. The summed E-state index contributed by atoms with van der Waals surface area (Å²) in [5.74, 6) is 1.61. The molecule has 2 heterocycles. The Balaban J connectivity index is 1.95. The molecule has 2 aromatic rings. The number of hydrogen-bond acceptors (Lipinski definition) is 4. The largest absolute Gasteiger partial charge is 0.486 e. The quantitative estimate of drug-likeness (QED) is 0.882. The zero-order valence-electron chi connectivity index (χ0n) is 10.8. The van der Waals surface area contributed by atoms with E-state index in [-0.39, 0.29) is 0 Å². The molecule has 0 aromatic carbocycles. The molecule has 0 saturated carbocycles. The Morgan fingerprint density at radius 3 is 3.00 bits per heavy atom. The number of anilines is 1. The van der Waals surface area contributed by atoms with Gasteiger partial charge in [0.2, 0.25) is 0 Å². The van der Waals surface area contributed by atoms with Crippen molar-refractivity contribution in [2.24, 2.45) is 0 Å². The van der Waals surface area contributed by atoms with E-state index in [1.165, 1.54) is 0 Å². The van der Waals surface area contributed by atoms with Crippen LogP contribution in [0.15, 0.2) is 41.1 Å². The Hall–Kier alpha value is -1.62. The molecule has 0 aliphatic heterocycles. The second-order valence-corrected chi connectivity index (χ2v) is 4.98. The SMILES string of the molecule is CCCNc1cccc(COc2cncc(Br)c2)n1. The first-order valence-electron chi connectivity index (χ1n) is 6.21. The predicted octanol–water partition coefficient (Wildman–Crippen LogP) is 3.64. The van der Waals surface area contributed by atoms with Crippen LogP contribution in [0.3, 0.4) is 0 Å². The van der Waals surface area contributed by atoms with Crippen molar-refractivity contribution in [3.05, 3.63) is 46.8 Å². The molecule has 0 aliphatic rings. The van der Waals surface area contributed by atoms with Crippen molar-refractivity contribution in [2.45, 2.75) is 20.0 Å². The molecular weight excluding hydrogens is 306 g/mol. The van der Waals surface area contributed by atoms with Gasteiger partial charge in [-0.1, -0.05) is 13.0 Å². The smallest absolute Gasteiger partial charge is 0.139 e. The maximum atomic E-state index is 5.65. The van der Waals surface area contributed by atoms with E-state index in [2.05, 4.69) is 38.1 Å². The lowest BCUT2D eigenvalue weighted by atomic mass is 10.3. The molecule has 4 nitrogen and oxygen atoms in total. The maximum Gasteiger partial charge on any atom is 0.139 e. The highest BCUT2D eigenvalue weighted by molar-refractivity contribution is 9.10. The summed E-state index contributed by atoms with van der Waals surface area (Å²) in [7, 11) is 0. The van der Waals surface area contributed by atoms with Gasteiger partial charge in [0.05, 0.1) is 11.9 Å². The van der Waals surface area contributed by atoms with Crippen molar-refractivity contribution in [3.63, 3.8) is 0 Å². The van der Waals surface area contributed by atoms with Crippen LogP contribution in [0.25, 0.3) is 0 Å². The highest BCUT2D eigenvalue weighted by atomic mass is 79.9. The number of pyridine rings is 2. The fourth-order valence-corrected chi connectivity index (χ4v) is 1.88. The van der Waals surface area contributed by atoms with Gasteiger partial charge in [0.25, 0.3) is 0 Å². The summed E-state index contributed by atoms with van der Waals surface area (Å²) >= 11 is 3.36. The Labute approximate surface area is 121 Å². The van der Waals surface area contributed by atoms with E-state index in [0.717, 1.165) is 34.7 Å².